The zero-order chi connectivity index (χ0) is 18.2. The third kappa shape index (κ3) is 6.03. The van der Waals surface area contributed by atoms with Crippen LogP contribution in [0.15, 0.2) is 24.3 Å². The van der Waals surface area contributed by atoms with Crippen molar-refractivity contribution >= 4 is 11.8 Å². The molecule has 1 aromatic rings. The Balaban J connectivity index is 1.88. The number of nitrogens with zero attached hydrogens (tertiary/aromatic N) is 1. The van der Waals surface area contributed by atoms with Crippen molar-refractivity contribution < 1.29 is 23.8 Å². The van der Waals surface area contributed by atoms with E-state index in [1.54, 1.807) is 21.2 Å². The highest BCUT2D eigenvalue weighted by Gasteiger charge is 2.28. The van der Waals surface area contributed by atoms with Crippen molar-refractivity contribution in [2.75, 3.05) is 41.0 Å². The van der Waals surface area contributed by atoms with Gasteiger partial charge in [-0.1, -0.05) is 12.1 Å². The molecule has 1 fully saturated rings. The van der Waals surface area contributed by atoms with Gasteiger partial charge in [-0.05, 0) is 24.1 Å². The van der Waals surface area contributed by atoms with E-state index < -0.39 is 0 Å². The molecular formula is C18H26N2O5. The van der Waals surface area contributed by atoms with Crippen molar-refractivity contribution in [1.29, 1.82) is 0 Å². The molecule has 1 aliphatic heterocycles. The Hall–Kier alpha value is -2.12. The first-order chi connectivity index (χ1) is 12.0. The number of hydrogen-bond acceptors (Lipinski definition) is 5. The van der Waals surface area contributed by atoms with E-state index in [0.717, 1.165) is 11.3 Å². The van der Waals surface area contributed by atoms with Gasteiger partial charge in [0.2, 0.25) is 11.8 Å². The molecule has 1 N–H and O–H groups in total. The van der Waals surface area contributed by atoms with Gasteiger partial charge >= 0.3 is 0 Å². The van der Waals surface area contributed by atoms with Crippen LogP contribution in [0.3, 0.4) is 0 Å². The molecule has 1 saturated heterocycles. The summed E-state index contributed by atoms with van der Waals surface area (Å²) in [5, 5.41) is 2.95. The van der Waals surface area contributed by atoms with Crippen molar-refractivity contribution in [2.45, 2.75) is 25.0 Å². The molecule has 2 amide bonds. The minimum absolute atomic E-state index is 0.0000781. The van der Waals surface area contributed by atoms with Crippen molar-refractivity contribution in [1.82, 2.24) is 10.2 Å². The molecule has 0 unspecified atom stereocenters. The average molecular weight is 350 g/mol. The third-order valence-electron chi connectivity index (χ3n) is 4.06. The predicted octanol–water partition coefficient (Wildman–Crippen LogP) is 0.616. The van der Waals surface area contributed by atoms with Crippen LogP contribution in [0.1, 0.15) is 12.0 Å². The van der Waals surface area contributed by atoms with Crippen LogP contribution in [-0.4, -0.2) is 69.9 Å². The van der Waals surface area contributed by atoms with E-state index in [9.17, 15) is 9.59 Å². The van der Waals surface area contributed by atoms with E-state index in [1.807, 2.05) is 24.3 Å². The molecule has 0 spiro atoms. The molecular weight excluding hydrogens is 324 g/mol. The topological polar surface area (TPSA) is 77.1 Å². The smallest absolute Gasteiger partial charge is 0.248 e. The largest absolute Gasteiger partial charge is 0.497 e. The Kier molecular flexibility index (Phi) is 7.21. The summed E-state index contributed by atoms with van der Waals surface area (Å²) in [5.74, 6) is 0.499. The Morgan fingerprint density at radius 3 is 2.88 bits per heavy atom. The normalized spacial score (nSPS) is 20.0. The minimum Gasteiger partial charge on any atom is -0.497 e. The number of carbonyl (C=O) groups excluding carboxylic acids is 2. The standard InChI is InChI=1S/C18H26N2O5/c1-20(2)18(22)12-25-16-7-8-24-11-15(16)19-17(21)10-13-5-4-6-14(9-13)23-3/h4-6,9,15-16H,7-8,10-12H2,1-3H3,(H,19,21)/t15-,16+/m1/s1. The molecule has 0 radical (unpaired) electrons. The lowest BCUT2D eigenvalue weighted by molar-refractivity contribution is -0.140. The Morgan fingerprint density at radius 1 is 1.36 bits per heavy atom. The van der Waals surface area contributed by atoms with Gasteiger partial charge in [0.1, 0.15) is 12.4 Å². The molecule has 7 nitrogen and oxygen atoms in total. The lowest BCUT2D eigenvalue weighted by atomic mass is 10.1. The second-order valence-electron chi connectivity index (χ2n) is 6.20. The van der Waals surface area contributed by atoms with Gasteiger partial charge in [0.05, 0.1) is 32.3 Å². The number of amides is 2. The first-order valence-electron chi connectivity index (χ1n) is 8.31. The van der Waals surface area contributed by atoms with Crippen LogP contribution in [0.2, 0.25) is 0 Å². The summed E-state index contributed by atoms with van der Waals surface area (Å²) >= 11 is 0. The molecule has 1 heterocycles. The summed E-state index contributed by atoms with van der Waals surface area (Å²) in [6, 6.07) is 7.14. The van der Waals surface area contributed by atoms with Crippen molar-refractivity contribution in [3.05, 3.63) is 29.8 Å². The summed E-state index contributed by atoms with van der Waals surface area (Å²) < 4.78 is 16.3. The average Bonchev–Trinajstić information content (AvgIpc) is 2.60. The SMILES string of the molecule is COc1cccc(CC(=O)N[C@@H]2COCC[C@@H]2OCC(=O)N(C)C)c1. The van der Waals surface area contributed by atoms with Crippen molar-refractivity contribution in [3.8, 4) is 5.75 Å². The fourth-order valence-corrected chi connectivity index (χ4v) is 2.59. The summed E-state index contributed by atoms with van der Waals surface area (Å²) in [6.45, 7) is 0.938. The number of nitrogens with one attached hydrogen (secondary N) is 1. The highest BCUT2D eigenvalue weighted by atomic mass is 16.5. The van der Waals surface area contributed by atoms with Crippen LogP contribution in [0.5, 0.6) is 5.75 Å². The maximum Gasteiger partial charge on any atom is 0.248 e. The predicted molar refractivity (Wildman–Crippen MR) is 92.5 cm³/mol. The van der Waals surface area contributed by atoms with E-state index in [4.69, 9.17) is 14.2 Å². The fourth-order valence-electron chi connectivity index (χ4n) is 2.59. The van der Waals surface area contributed by atoms with Gasteiger partial charge in [0.15, 0.2) is 0 Å². The molecule has 0 aliphatic carbocycles. The van der Waals surface area contributed by atoms with Gasteiger partial charge in [0, 0.05) is 20.7 Å². The molecule has 7 heteroatoms. The molecule has 25 heavy (non-hydrogen) atoms. The zero-order valence-corrected chi connectivity index (χ0v) is 15.0. The Labute approximate surface area is 148 Å². The number of ether oxygens (including phenoxy) is 3. The van der Waals surface area contributed by atoms with Crippen LogP contribution in [0.4, 0.5) is 0 Å². The van der Waals surface area contributed by atoms with Gasteiger partial charge in [-0.25, -0.2) is 0 Å². The van der Waals surface area contributed by atoms with Gasteiger partial charge in [-0.15, -0.1) is 0 Å². The molecule has 1 aliphatic rings. The molecule has 0 aromatic heterocycles. The van der Waals surface area contributed by atoms with Crippen molar-refractivity contribution in [3.63, 3.8) is 0 Å². The minimum atomic E-state index is -0.262. The van der Waals surface area contributed by atoms with Gasteiger partial charge < -0.3 is 24.4 Å². The second kappa shape index (κ2) is 9.39. The number of rotatable bonds is 7. The highest BCUT2D eigenvalue weighted by Crippen LogP contribution is 2.15. The monoisotopic (exact) mass is 350 g/mol. The van der Waals surface area contributed by atoms with E-state index in [0.29, 0.717) is 19.6 Å². The van der Waals surface area contributed by atoms with Gasteiger partial charge in [0.25, 0.3) is 0 Å². The lowest BCUT2D eigenvalue weighted by Gasteiger charge is -2.32. The highest BCUT2D eigenvalue weighted by molar-refractivity contribution is 5.79. The van der Waals surface area contributed by atoms with Gasteiger partial charge in [-0.2, -0.15) is 0 Å². The van der Waals surface area contributed by atoms with E-state index in [-0.39, 0.29) is 37.0 Å². The first-order valence-corrected chi connectivity index (χ1v) is 8.31. The molecule has 0 bridgehead atoms. The molecule has 1 aromatic carbocycles. The number of carbonyl (C=O) groups is 2. The third-order valence-corrected chi connectivity index (χ3v) is 4.06. The quantitative estimate of drug-likeness (QED) is 0.780. The number of methoxy groups -OCH3 is 1. The van der Waals surface area contributed by atoms with Gasteiger partial charge in [-0.3, -0.25) is 9.59 Å². The van der Waals surface area contributed by atoms with E-state index >= 15 is 0 Å². The molecule has 138 valence electrons. The van der Waals surface area contributed by atoms with Crippen LogP contribution >= 0.6 is 0 Å². The number of hydrogen-bond donors (Lipinski definition) is 1. The lowest BCUT2D eigenvalue weighted by Crippen LogP contribution is -2.51. The summed E-state index contributed by atoms with van der Waals surface area (Å²) in [5.41, 5.74) is 0.869. The van der Waals surface area contributed by atoms with Crippen LogP contribution in [0.25, 0.3) is 0 Å². The fraction of sp³-hybridized carbons (Fsp3) is 0.556. The maximum absolute atomic E-state index is 12.3. The first kappa shape index (κ1) is 19.2. The van der Waals surface area contributed by atoms with Crippen molar-refractivity contribution in [2.24, 2.45) is 0 Å². The Morgan fingerprint density at radius 2 is 2.16 bits per heavy atom. The molecule has 2 rings (SSSR count). The number of benzene rings is 1. The zero-order valence-electron chi connectivity index (χ0n) is 15.0. The second-order valence-corrected chi connectivity index (χ2v) is 6.20. The summed E-state index contributed by atoms with van der Waals surface area (Å²) in [4.78, 5) is 25.5. The number of likely N-dealkylation sites (N-methyl/N-ethyl adjacent to an activating group) is 1. The maximum atomic E-state index is 12.3. The molecule has 2 atom stereocenters. The Bertz CT molecular complexity index is 591. The summed E-state index contributed by atoms with van der Waals surface area (Å²) in [6.07, 6.45) is 0.661. The van der Waals surface area contributed by atoms with Crippen LogP contribution in [0, 0.1) is 0 Å². The van der Waals surface area contributed by atoms with Crippen LogP contribution < -0.4 is 10.1 Å². The summed E-state index contributed by atoms with van der Waals surface area (Å²) in [7, 11) is 4.96. The molecule has 0 saturated carbocycles. The van der Waals surface area contributed by atoms with E-state index in [2.05, 4.69) is 5.32 Å². The van der Waals surface area contributed by atoms with E-state index in [1.165, 1.54) is 4.90 Å². The van der Waals surface area contributed by atoms with Crippen LogP contribution in [-0.2, 0) is 25.5 Å².